The van der Waals surface area contributed by atoms with Crippen LogP contribution in [0.5, 0.6) is 11.5 Å². The van der Waals surface area contributed by atoms with E-state index in [0.717, 1.165) is 11.3 Å². The number of hydrogen-bond acceptors (Lipinski definition) is 4. The Balaban J connectivity index is 1.79. The van der Waals surface area contributed by atoms with E-state index in [1.54, 1.807) is 43.5 Å². The molecular formula is C16H15FN2O3. The molecule has 5 nitrogen and oxygen atoms in total. The molecular weight excluding hydrogens is 287 g/mol. The highest BCUT2D eigenvalue weighted by Crippen LogP contribution is 2.14. The molecule has 2 rings (SSSR count). The predicted octanol–water partition coefficient (Wildman–Crippen LogP) is 2.36. The normalized spacial score (nSPS) is 10.5. The summed E-state index contributed by atoms with van der Waals surface area (Å²) >= 11 is 0. The number of carbonyl (C=O) groups is 1. The average Bonchev–Trinajstić information content (AvgIpc) is 2.55. The molecule has 2 aromatic rings. The van der Waals surface area contributed by atoms with E-state index in [1.165, 1.54) is 18.3 Å². The molecule has 0 atom stereocenters. The number of benzene rings is 2. The van der Waals surface area contributed by atoms with Gasteiger partial charge in [0.1, 0.15) is 5.75 Å². The summed E-state index contributed by atoms with van der Waals surface area (Å²) in [4.78, 5) is 11.5. The molecule has 2 aromatic carbocycles. The Labute approximate surface area is 127 Å². The molecule has 0 heterocycles. The molecule has 0 bridgehead atoms. The molecule has 0 saturated heterocycles. The van der Waals surface area contributed by atoms with Gasteiger partial charge in [-0.25, -0.2) is 9.82 Å². The van der Waals surface area contributed by atoms with Gasteiger partial charge >= 0.3 is 0 Å². The number of halogens is 1. The zero-order valence-corrected chi connectivity index (χ0v) is 12.0. The highest BCUT2D eigenvalue weighted by atomic mass is 19.1. The summed E-state index contributed by atoms with van der Waals surface area (Å²) in [5.41, 5.74) is 3.10. The Kier molecular flexibility index (Phi) is 5.48. The predicted molar refractivity (Wildman–Crippen MR) is 80.6 cm³/mol. The van der Waals surface area contributed by atoms with Crippen molar-refractivity contribution in [3.05, 3.63) is 59.9 Å². The Bertz CT molecular complexity index is 657. The topological polar surface area (TPSA) is 59.9 Å². The largest absolute Gasteiger partial charge is 0.497 e. The third-order valence-corrected chi connectivity index (χ3v) is 2.71. The number of ether oxygens (including phenoxy) is 2. The van der Waals surface area contributed by atoms with Crippen molar-refractivity contribution in [1.82, 2.24) is 5.43 Å². The van der Waals surface area contributed by atoms with E-state index in [4.69, 9.17) is 9.47 Å². The van der Waals surface area contributed by atoms with Gasteiger partial charge in [-0.2, -0.15) is 5.10 Å². The molecule has 0 spiro atoms. The van der Waals surface area contributed by atoms with Crippen LogP contribution in [0.15, 0.2) is 53.6 Å². The van der Waals surface area contributed by atoms with Gasteiger partial charge in [0.25, 0.3) is 5.91 Å². The molecule has 0 unspecified atom stereocenters. The second kappa shape index (κ2) is 7.78. The lowest BCUT2D eigenvalue weighted by molar-refractivity contribution is -0.123. The highest BCUT2D eigenvalue weighted by molar-refractivity contribution is 5.83. The Morgan fingerprint density at radius 2 is 1.95 bits per heavy atom. The molecule has 1 amide bonds. The summed E-state index contributed by atoms with van der Waals surface area (Å²) in [6.45, 7) is -0.319. The van der Waals surface area contributed by atoms with E-state index in [0.29, 0.717) is 0 Å². The van der Waals surface area contributed by atoms with Crippen LogP contribution in [0.3, 0.4) is 0 Å². The minimum absolute atomic E-state index is 0.0248. The maximum atomic E-state index is 13.3. The lowest BCUT2D eigenvalue weighted by atomic mass is 10.2. The summed E-state index contributed by atoms with van der Waals surface area (Å²) in [6, 6.07) is 13.0. The van der Waals surface area contributed by atoms with E-state index in [9.17, 15) is 9.18 Å². The van der Waals surface area contributed by atoms with Gasteiger partial charge in [-0.3, -0.25) is 4.79 Å². The lowest BCUT2D eigenvalue weighted by Crippen LogP contribution is -2.24. The molecule has 0 aliphatic rings. The first-order valence-corrected chi connectivity index (χ1v) is 6.52. The Morgan fingerprint density at radius 3 is 2.64 bits per heavy atom. The number of nitrogens with one attached hydrogen (secondary N) is 1. The molecule has 1 N–H and O–H groups in total. The first-order chi connectivity index (χ1) is 10.7. The van der Waals surface area contributed by atoms with E-state index < -0.39 is 11.7 Å². The van der Waals surface area contributed by atoms with Gasteiger partial charge in [0.2, 0.25) is 0 Å². The zero-order valence-electron chi connectivity index (χ0n) is 12.0. The third kappa shape index (κ3) is 4.59. The van der Waals surface area contributed by atoms with Crippen molar-refractivity contribution in [2.45, 2.75) is 0 Å². The van der Waals surface area contributed by atoms with Gasteiger partial charge in [0.05, 0.1) is 13.3 Å². The average molecular weight is 302 g/mol. The number of methoxy groups -OCH3 is 1. The molecule has 22 heavy (non-hydrogen) atoms. The van der Waals surface area contributed by atoms with E-state index >= 15 is 0 Å². The van der Waals surface area contributed by atoms with E-state index in [1.807, 2.05) is 0 Å². The molecule has 0 radical (unpaired) electrons. The zero-order chi connectivity index (χ0) is 15.8. The van der Waals surface area contributed by atoms with Crippen molar-refractivity contribution in [2.75, 3.05) is 13.7 Å². The van der Waals surface area contributed by atoms with Crippen LogP contribution in [0.1, 0.15) is 5.56 Å². The maximum Gasteiger partial charge on any atom is 0.277 e. The van der Waals surface area contributed by atoms with Gasteiger partial charge in [-0.05, 0) is 42.0 Å². The van der Waals surface area contributed by atoms with Crippen molar-refractivity contribution in [2.24, 2.45) is 5.10 Å². The van der Waals surface area contributed by atoms with Crippen LogP contribution >= 0.6 is 0 Å². The van der Waals surface area contributed by atoms with Crippen molar-refractivity contribution in [3.63, 3.8) is 0 Å². The summed E-state index contributed by atoms with van der Waals surface area (Å²) in [5, 5.41) is 3.79. The monoisotopic (exact) mass is 302 g/mol. The SMILES string of the molecule is COc1ccc(/C=N\NC(=O)COc2ccccc2F)cc1. The summed E-state index contributed by atoms with van der Waals surface area (Å²) in [5.74, 6) is -0.235. The molecule has 0 aliphatic heterocycles. The first-order valence-electron chi connectivity index (χ1n) is 6.52. The van der Waals surface area contributed by atoms with E-state index in [2.05, 4.69) is 10.5 Å². The number of hydrazone groups is 1. The van der Waals surface area contributed by atoms with Crippen LogP contribution in [-0.2, 0) is 4.79 Å². The van der Waals surface area contributed by atoms with Crippen LogP contribution in [-0.4, -0.2) is 25.8 Å². The van der Waals surface area contributed by atoms with Gasteiger partial charge in [-0.1, -0.05) is 12.1 Å². The van der Waals surface area contributed by atoms with Crippen molar-refractivity contribution in [3.8, 4) is 11.5 Å². The molecule has 114 valence electrons. The van der Waals surface area contributed by atoms with Crippen LogP contribution < -0.4 is 14.9 Å². The number of nitrogens with zero attached hydrogens (tertiary/aromatic N) is 1. The number of rotatable bonds is 6. The third-order valence-electron chi connectivity index (χ3n) is 2.71. The fourth-order valence-corrected chi connectivity index (χ4v) is 1.61. The quantitative estimate of drug-likeness (QED) is 0.658. The fourth-order valence-electron chi connectivity index (χ4n) is 1.61. The second-order valence-corrected chi connectivity index (χ2v) is 4.29. The fraction of sp³-hybridized carbons (Fsp3) is 0.125. The maximum absolute atomic E-state index is 13.3. The Hall–Kier alpha value is -2.89. The van der Waals surface area contributed by atoms with Gasteiger partial charge in [0, 0.05) is 0 Å². The molecule has 0 saturated carbocycles. The van der Waals surface area contributed by atoms with E-state index in [-0.39, 0.29) is 12.4 Å². The van der Waals surface area contributed by atoms with Gasteiger partial charge in [0.15, 0.2) is 18.2 Å². The summed E-state index contributed by atoms with van der Waals surface area (Å²) in [6.07, 6.45) is 1.49. The minimum atomic E-state index is -0.517. The van der Waals surface area contributed by atoms with Crippen LogP contribution in [0, 0.1) is 5.82 Å². The Morgan fingerprint density at radius 1 is 1.23 bits per heavy atom. The van der Waals surface area contributed by atoms with Crippen molar-refractivity contribution in [1.29, 1.82) is 0 Å². The first kappa shape index (κ1) is 15.5. The standard InChI is InChI=1S/C16H15FN2O3/c1-21-13-8-6-12(7-9-13)10-18-19-16(20)11-22-15-5-3-2-4-14(15)17/h2-10H,11H2,1H3,(H,19,20)/b18-10-. The number of amides is 1. The summed E-state index contributed by atoms with van der Waals surface area (Å²) in [7, 11) is 1.58. The van der Waals surface area contributed by atoms with Gasteiger partial charge in [-0.15, -0.1) is 0 Å². The van der Waals surface area contributed by atoms with Crippen molar-refractivity contribution < 1.29 is 18.7 Å². The van der Waals surface area contributed by atoms with Crippen LogP contribution in [0.4, 0.5) is 4.39 Å². The molecule has 0 aliphatic carbocycles. The number of para-hydroxylation sites is 1. The molecule has 0 aromatic heterocycles. The van der Waals surface area contributed by atoms with Crippen molar-refractivity contribution >= 4 is 12.1 Å². The lowest BCUT2D eigenvalue weighted by Gasteiger charge is -2.05. The number of hydrogen-bond donors (Lipinski definition) is 1. The molecule has 0 fully saturated rings. The minimum Gasteiger partial charge on any atom is -0.497 e. The molecule has 6 heteroatoms. The van der Waals surface area contributed by atoms with Gasteiger partial charge < -0.3 is 9.47 Å². The summed E-state index contributed by atoms with van der Waals surface area (Å²) < 4.78 is 23.4. The van der Waals surface area contributed by atoms with Crippen LogP contribution in [0.2, 0.25) is 0 Å². The number of carbonyl (C=O) groups excluding carboxylic acids is 1. The van der Waals surface area contributed by atoms with Crippen LogP contribution in [0.25, 0.3) is 0 Å². The smallest absolute Gasteiger partial charge is 0.277 e. The second-order valence-electron chi connectivity index (χ2n) is 4.29. The highest BCUT2D eigenvalue weighted by Gasteiger charge is 2.05.